The van der Waals surface area contributed by atoms with Gasteiger partial charge < -0.3 is 0 Å². The van der Waals surface area contributed by atoms with Crippen LogP contribution in [0.4, 0.5) is 4.39 Å². The highest BCUT2D eigenvalue weighted by molar-refractivity contribution is 5.51. The van der Waals surface area contributed by atoms with Crippen molar-refractivity contribution in [2.75, 3.05) is 0 Å². The van der Waals surface area contributed by atoms with Crippen LogP contribution in [-0.4, -0.2) is 30.4 Å². The Morgan fingerprint density at radius 1 is 1.15 bits per heavy atom. The molecule has 8 heteroatoms. The van der Waals surface area contributed by atoms with Crippen LogP contribution in [0.5, 0.6) is 0 Å². The highest BCUT2D eigenvalue weighted by Gasteiger charge is 2.08. The van der Waals surface area contributed by atoms with Gasteiger partial charge in [-0.25, -0.2) is 4.39 Å². The lowest BCUT2D eigenvalue weighted by Gasteiger charge is -2.03. The molecule has 0 fully saturated rings. The van der Waals surface area contributed by atoms with Crippen LogP contribution in [0.25, 0.3) is 18.6 Å². The number of tetrazole rings is 1. The van der Waals surface area contributed by atoms with Gasteiger partial charge in [0.15, 0.2) is 0 Å². The number of halogens is 1. The van der Waals surface area contributed by atoms with Crippen molar-refractivity contribution in [3.8, 4) is 5.95 Å². The van der Waals surface area contributed by atoms with Gasteiger partial charge in [0.2, 0.25) is 0 Å². The first kappa shape index (κ1) is 16.6. The van der Waals surface area contributed by atoms with E-state index in [1.807, 2.05) is 24.3 Å². The Morgan fingerprint density at radius 3 is 2.70 bits per heavy atom. The topological polar surface area (TPSA) is 92.2 Å². The van der Waals surface area contributed by atoms with E-state index in [0.717, 1.165) is 16.7 Å². The van der Waals surface area contributed by atoms with Crippen LogP contribution < -0.4 is 16.1 Å². The fourth-order valence-corrected chi connectivity index (χ4v) is 2.83. The van der Waals surface area contributed by atoms with Crippen LogP contribution in [0.15, 0.2) is 53.3 Å². The van der Waals surface area contributed by atoms with Crippen molar-refractivity contribution in [1.29, 1.82) is 0 Å². The zero-order chi connectivity index (χ0) is 18.8. The van der Waals surface area contributed by atoms with Crippen LogP contribution in [0.3, 0.4) is 0 Å². The van der Waals surface area contributed by atoms with Crippen molar-refractivity contribution >= 4 is 12.7 Å². The molecule has 0 bridgehead atoms. The molecular weight excluding hydrogens is 347 g/mol. The first-order chi connectivity index (χ1) is 13.1. The van der Waals surface area contributed by atoms with E-state index in [1.54, 1.807) is 18.2 Å². The monoisotopic (exact) mass is 362 g/mol. The summed E-state index contributed by atoms with van der Waals surface area (Å²) < 4.78 is 14.2. The van der Waals surface area contributed by atoms with E-state index in [2.05, 4.69) is 32.3 Å². The number of aromatic nitrogens is 6. The molecule has 4 rings (SSSR count). The van der Waals surface area contributed by atoms with Crippen molar-refractivity contribution in [3.05, 3.63) is 92.0 Å². The number of benzene rings is 2. The second kappa shape index (κ2) is 6.83. The van der Waals surface area contributed by atoms with Gasteiger partial charge in [0.25, 0.3) is 11.5 Å². The molecule has 27 heavy (non-hydrogen) atoms. The lowest BCUT2D eigenvalue weighted by molar-refractivity contribution is 0.627. The molecule has 0 unspecified atom stereocenters. The summed E-state index contributed by atoms with van der Waals surface area (Å²) in [6, 6.07) is 14.2. The van der Waals surface area contributed by atoms with E-state index < -0.39 is 0 Å². The Kier molecular flexibility index (Phi) is 4.21. The zero-order valence-electron chi connectivity index (χ0n) is 14.2. The van der Waals surface area contributed by atoms with Crippen molar-refractivity contribution < 1.29 is 4.39 Å². The summed E-state index contributed by atoms with van der Waals surface area (Å²) in [7, 11) is 0. The Morgan fingerprint density at radius 2 is 1.96 bits per heavy atom. The molecule has 0 aliphatic rings. The molecule has 2 aromatic heterocycles. The van der Waals surface area contributed by atoms with Gasteiger partial charge in [0.05, 0.1) is 10.6 Å². The minimum Gasteiger partial charge on any atom is -0.288 e. The smallest absolute Gasteiger partial charge is 0.288 e. The zero-order valence-corrected chi connectivity index (χ0v) is 14.2. The quantitative estimate of drug-likeness (QED) is 0.558. The first-order valence-electron chi connectivity index (χ1n) is 8.19. The van der Waals surface area contributed by atoms with E-state index in [-0.39, 0.29) is 17.3 Å². The number of hydrogen-bond donors (Lipinski definition) is 2. The minimum atomic E-state index is -0.315. The summed E-state index contributed by atoms with van der Waals surface area (Å²) in [5.74, 6) is -0.135. The Hall–Kier alpha value is -3.81. The molecule has 2 N–H and O–H groups in total. The molecule has 0 aliphatic carbocycles. The molecule has 2 aromatic carbocycles. The predicted molar refractivity (Wildman–Crippen MR) is 98.1 cm³/mol. The van der Waals surface area contributed by atoms with Crippen LogP contribution in [0.1, 0.15) is 16.7 Å². The summed E-state index contributed by atoms with van der Waals surface area (Å²) in [6.45, 7) is 3.88. The van der Waals surface area contributed by atoms with Gasteiger partial charge in [-0.05, 0) is 46.5 Å². The van der Waals surface area contributed by atoms with E-state index in [4.69, 9.17) is 0 Å². The average molecular weight is 362 g/mol. The molecule has 4 aromatic rings. The number of rotatable bonds is 4. The maximum Gasteiger partial charge on any atom is 0.291 e. The third kappa shape index (κ3) is 3.45. The maximum atomic E-state index is 13.1. The summed E-state index contributed by atoms with van der Waals surface area (Å²) in [4.78, 5) is 12.6. The molecule has 0 aliphatic heterocycles. The van der Waals surface area contributed by atoms with Gasteiger partial charge in [-0.3, -0.25) is 9.89 Å². The van der Waals surface area contributed by atoms with Crippen molar-refractivity contribution in [2.24, 2.45) is 0 Å². The van der Waals surface area contributed by atoms with E-state index >= 15 is 0 Å². The van der Waals surface area contributed by atoms with Crippen LogP contribution in [0, 0.1) is 5.82 Å². The standard InChI is InChI=1S/C19H15FN6O/c1-12-17(18(27)26(23-12)19-21-24-25-22-19)11-15-4-2-3-14(10-15)9-13-5-7-16(20)8-6-13/h2-8,10-11,23H,1,9H2,(H,21,22,24,25)/b17-11-. The van der Waals surface area contributed by atoms with E-state index in [1.165, 1.54) is 16.8 Å². The number of nitrogens with one attached hydrogen (secondary N) is 2. The lowest BCUT2D eigenvalue weighted by Crippen LogP contribution is -2.34. The number of aromatic amines is 2. The second-order valence-corrected chi connectivity index (χ2v) is 6.05. The number of nitrogens with zero attached hydrogens (tertiary/aromatic N) is 4. The lowest BCUT2D eigenvalue weighted by atomic mass is 10.0. The van der Waals surface area contributed by atoms with Gasteiger partial charge in [0.1, 0.15) is 5.82 Å². The normalized spacial score (nSPS) is 11.8. The highest BCUT2D eigenvalue weighted by Crippen LogP contribution is 2.12. The van der Waals surface area contributed by atoms with Crippen molar-refractivity contribution in [3.63, 3.8) is 0 Å². The first-order valence-corrected chi connectivity index (χ1v) is 8.19. The van der Waals surface area contributed by atoms with Crippen LogP contribution >= 0.6 is 0 Å². The Balaban J connectivity index is 1.70. The SMILES string of the molecule is C=c1[nH]n(-c2nn[nH]n2)c(=O)/c1=C\c1cccc(Cc2ccc(F)cc2)c1. The number of H-pyrrole nitrogens is 2. The number of hydrogen-bond acceptors (Lipinski definition) is 4. The highest BCUT2D eigenvalue weighted by atomic mass is 19.1. The van der Waals surface area contributed by atoms with Gasteiger partial charge >= 0.3 is 0 Å². The summed E-state index contributed by atoms with van der Waals surface area (Å²) >= 11 is 0. The molecule has 0 amide bonds. The minimum absolute atomic E-state index is 0.120. The van der Waals surface area contributed by atoms with E-state index in [9.17, 15) is 9.18 Å². The molecule has 0 atom stereocenters. The molecule has 7 nitrogen and oxygen atoms in total. The molecule has 134 valence electrons. The molecule has 0 saturated carbocycles. The van der Waals surface area contributed by atoms with Crippen LogP contribution in [0.2, 0.25) is 0 Å². The largest absolute Gasteiger partial charge is 0.291 e. The van der Waals surface area contributed by atoms with Gasteiger partial charge in [-0.15, -0.1) is 5.10 Å². The van der Waals surface area contributed by atoms with Crippen molar-refractivity contribution in [2.45, 2.75) is 6.42 Å². The second-order valence-electron chi connectivity index (χ2n) is 6.05. The summed E-state index contributed by atoms with van der Waals surface area (Å²) in [6.07, 6.45) is 2.42. The fourth-order valence-electron chi connectivity index (χ4n) is 2.83. The average Bonchev–Trinajstić information content (AvgIpc) is 3.28. The van der Waals surface area contributed by atoms with E-state index in [0.29, 0.717) is 17.0 Å². The third-order valence-corrected chi connectivity index (χ3v) is 4.12. The summed E-state index contributed by atoms with van der Waals surface area (Å²) in [5, 5.41) is 17.0. The maximum absolute atomic E-state index is 13.1. The summed E-state index contributed by atoms with van der Waals surface area (Å²) in [5.41, 5.74) is 2.60. The molecular formula is C19H15FN6O. The van der Waals surface area contributed by atoms with Gasteiger partial charge in [0, 0.05) is 0 Å². The van der Waals surface area contributed by atoms with Crippen LogP contribution in [-0.2, 0) is 6.42 Å². The molecule has 0 spiro atoms. The molecule has 0 saturated heterocycles. The Labute approximate surface area is 152 Å². The Bertz CT molecular complexity index is 1240. The predicted octanol–water partition coefficient (Wildman–Crippen LogP) is 0.648. The molecule has 2 heterocycles. The van der Waals surface area contributed by atoms with Crippen molar-refractivity contribution in [1.82, 2.24) is 30.4 Å². The fraction of sp³-hybridized carbons (Fsp3) is 0.0526. The van der Waals surface area contributed by atoms with Gasteiger partial charge in [-0.2, -0.15) is 9.90 Å². The van der Waals surface area contributed by atoms with Gasteiger partial charge in [-0.1, -0.05) is 48.1 Å². The molecule has 0 radical (unpaired) electrons. The third-order valence-electron chi connectivity index (χ3n) is 4.12.